The van der Waals surface area contributed by atoms with Gasteiger partial charge in [-0.05, 0) is 30.7 Å². The number of nitrogens with zero attached hydrogens (tertiary/aromatic N) is 2. The topological polar surface area (TPSA) is 109 Å². The van der Waals surface area contributed by atoms with Crippen LogP contribution in [0.2, 0.25) is 0 Å². The van der Waals surface area contributed by atoms with Crippen molar-refractivity contribution in [3.8, 4) is 0 Å². The number of thiophene rings is 1. The van der Waals surface area contributed by atoms with Gasteiger partial charge in [-0.1, -0.05) is 17.8 Å². The zero-order valence-electron chi connectivity index (χ0n) is 12.8. The normalized spacial score (nSPS) is 13.7. The molecule has 3 rings (SSSR count). The van der Waals surface area contributed by atoms with Crippen LogP contribution in [0.3, 0.4) is 0 Å². The number of nitrogens with one attached hydrogen (secondary N) is 3. The van der Waals surface area contributed by atoms with E-state index in [1.807, 2.05) is 17.5 Å². The Kier molecular flexibility index (Phi) is 5.36. The van der Waals surface area contributed by atoms with Crippen LogP contribution in [0.25, 0.3) is 0 Å². The van der Waals surface area contributed by atoms with E-state index in [4.69, 9.17) is 0 Å². The third kappa shape index (κ3) is 4.48. The molecule has 3 amide bonds. The molecule has 0 unspecified atom stereocenters. The Hall–Kier alpha value is -2.07. The fourth-order valence-corrected chi connectivity index (χ4v) is 3.66. The number of urea groups is 1. The Morgan fingerprint density at radius 2 is 2.29 bits per heavy atom. The molecule has 2 heterocycles. The van der Waals surface area contributed by atoms with Crippen LogP contribution < -0.4 is 16.3 Å². The second kappa shape index (κ2) is 7.67. The standard InChI is InChI=1S/C14H17N5O3S2/c20-11(16-12(21)15-6-5-10-2-1-7-23-10)8-24-14-18-17-13(22)19(14)9-3-4-9/h1-2,7,9H,3-6,8H2,(H,17,22)(H2,15,16,20,21). The van der Waals surface area contributed by atoms with Crippen molar-refractivity contribution in [3.05, 3.63) is 32.9 Å². The van der Waals surface area contributed by atoms with Crippen LogP contribution in [0.15, 0.2) is 27.5 Å². The minimum Gasteiger partial charge on any atom is -0.337 e. The quantitative estimate of drug-likeness (QED) is 0.636. The predicted octanol–water partition coefficient (Wildman–Crippen LogP) is 1.13. The Labute approximate surface area is 146 Å². The maximum absolute atomic E-state index is 11.8. The van der Waals surface area contributed by atoms with E-state index in [0.717, 1.165) is 31.0 Å². The van der Waals surface area contributed by atoms with Crippen LogP contribution in [-0.2, 0) is 11.2 Å². The number of carbonyl (C=O) groups is 2. The van der Waals surface area contributed by atoms with Crippen LogP contribution in [0.1, 0.15) is 23.8 Å². The summed E-state index contributed by atoms with van der Waals surface area (Å²) in [6.45, 7) is 0.466. The summed E-state index contributed by atoms with van der Waals surface area (Å²) in [6.07, 6.45) is 2.63. The molecule has 0 aliphatic heterocycles. The first-order valence-corrected chi connectivity index (χ1v) is 9.40. The van der Waals surface area contributed by atoms with E-state index in [1.54, 1.807) is 15.9 Å². The monoisotopic (exact) mass is 367 g/mol. The molecule has 128 valence electrons. The van der Waals surface area contributed by atoms with Crippen LogP contribution in [0.4, 0.5) is 4.79 Å². The minimum absolute atomic E-state index is 0.0232. The van der Waals surface area contributed by atoms with Gasteiger partial charge in [0.15, 0.2) is 5.16 Å². The molecule has 10 heteroatoms. The highest BCUT2D eigenvalue weighted by atomic mass is 32.2. The lowest BCUT2D eigenvalue weighted by Crippen LogP contribution is -2.41. The zero-order valence-corrected chi connectivity index (χ0v) is 14.4. The van der Waals surface area contributed by atoms with E-state index in [2.05, 4.69) is 20.8 Å². The van der Waals surface area contributed by atoms with Gasteiger partial charge in [-0.25, -0.2) is 14.7 Å². The van der Waals surface area contributed by atoms with Gasteiger partial charge in [-0.3, -0.25) is 14.7 Å². The fourth-order valence-electron chi connectivity index (χ4n) is 2.14. The van der Waals surface area contributed by atoms with E-state index in [9.17, 15) is 14.4 Å². The molecule has 1 aliphatic rings. The molecule has 0 spiro atoms. The van der Waals surface area contributed by atoms with Crippen molar-refractivity contribution in [1.29, 1.82) is 0 Å². The molecule has 3 N–H and O–H groups in total. The highest BCUT2D eigenvalue weighted by Gasteiger charge is 2.28. The molecule has 24 heavy (non-hydrogen) atoms. The number of amides is 3. The average Bonchev–Trinajstić information content (AvgIpc) is 3.11. The molecule has 1 fully saturated rings. The van der Waals surface area contributed by atoms with Crippen LogP contribution >= 0.6 is 23.1 Å². The Balaban J connectivity index is 1.39. The minimum atomic E-state index is -0.515. The van der Waals surface area contributed by atoms with E-state index in [0.29, 0.717) is 11.7 Å². The van der Waals surface area contributed by atoms with Gasteiger partial charge in [-0.2, -0.15) is 0 Å². The second-order valence-electron chi connectivity index (χ2n) is 5.33. The lowest BCUT2D eigenvalue weighted by Gasteiger charge is -2.06. The first-order valence-electron chi connectivity index (χ1n) is 7.53. The van der Waals surface area contributed by atoms with Gasteiger partial charge in [0.05, 0.1) is 5.75 Å². The molecule has 0 saturated heterocycles. The van der Waals surface area contributed by atoms with Crippen molar-refractivity contribution in [1.82, 2.24) is 25.4 Å². The van der Waals surface area contributed by atoms with Crippen molar-refractivity contribution < 1.29 is 9.59 Å². The summed E-state index contributed by atoms with van der Waals surface area (Å²) in [5, 5.41) is 13.7. The number of rotatable bonds is 7. The molecule has 2 aromatic rings. The SMILES string of the molecule is O=C(CSc1n[nH]c(=O)n1C1CC1)NC(=O)NCCc1cccs1. The fraction of sp³-hybridized carbons (Fsp3) is 0.429. The maximum atomic E-state index is 11.8. The summed E-state index contributed by atoms with van der Waals surface area (Å²) in [7, 11) is 0. The van der Waals surface area contributed by atoms with E-state index in [-0.39, 0.29) is 17.5 Å². The van der Waals surface area contributed by atoms with Crippen LogP contribution in [-0.4, -0.2) is 39.0 Å². The van der Waals surface area contributed by atoms with Crippen molar-refractivity contribution in [2.45, 2.75) is 30.5 Å². The Morgan fingerprint density at radius 1 is 1.46 bits per heavy atom. The molecule has 8 nitrogen and oxygen atoms in total. The van der Waals surface area contributed by atoms with Crippen molar-refractivity contribution in [3.63, 3.8) is 0 Å². The zero-order chi connectivity index (χ0) is 16.9. The molecule has 1 saturated carbocycles. The largest absolute Gasteiger partial charge is 0.344 e. The third-order valence-corrected chi connectivity index (χ3v) is 5.30. The third-order valence-electron chi connectivity index (χ3n) is 3.41. The lowest BCUT2D eigenvalue weighted by atomic mass is 10.3. The number of carbonyl (C=O) groups excluding carboxylic acids is 2. The van der Waals surface area contributed by atoms with Gasteiger partial charge in [0.1, 0.15) is 0 Å². The van der Waals surface area contributed by atoms with Gasteiger partial charge in [-0.15, -0.1) is 16.4 Å². The number of thioether (sulfide) groups is 1. The molecule has 2 aromatic heterocycles. The first kappa shape index (κ1) is 16.8. The summed E-state index contributed by atoms with van der Waals surface area (Å²) in [5.74, 6) is -0.401. The van der Waals surface area contributed by atoms with Gasteiger partial charge in [0, 0.05) is 17.5 Å². The number of H-pyrrole nitrogens is 1. The van der Waals surface area contributed by atoms with Gasteiger partial charge in [0.2, 0.25) is 5.91 Å². The highest BCUT2D eigenvalue weighted by Crippen LogP contribution is 2.35. The average molecular weight is 367 g/mol. The van der Waals surface area contributed by atoms with E-state index >= 15 is 0 Å². The molecule has 0 atom stereocenters. The Morgan fingerprint density at radius 3 is 3.00 bits per heavy atom. The predicted molar refractivity (Wildman–Crippen MR) is 91.4 cm³/mol. The first-order chi connectivity index (χ1) is 11.6. The summed E-state index contributed by atoms with van der Waals surface area (Å²) in [6, 6.07) is 3.62. The number of hydrogen-bond acceptors (Lipinski definition) is 6. The molecule has 0 radical (unpaired) electrons. The van der Waals surface area contributed by atoms with E-state index < -0.39 is 11.9 Å². The summed E-state index contributed by atoms with van der Waals surface area (Å²) in [5.41, 5.74) is -0.258. The number of aromatic nitrogens is 3. The van der Waals surface area contributed by atoms with Crippen molar-refractivity contribution in [2.75, 3.05) is 12.3 Å². The molecular formula is C14H17N5O3S2. The highest BCUT2D eigenvalue weighted by molar-refractivity contribution is 7.99. The number of aromatic amines is 1. The van der Waals surface area contributed by atoms with Crippen LogP contribution in [0, 0.1) is 0 Å². The maximum Gasteiger partial charge on any atom is 0.344 e. The smallest absolute Gasteiger partial charge is 0.337 e. The molecule has 0 bridgehead atoms. The van der Waals surface area contributed by atoms with Crippen molar-refractivity contribution in [2.24, 2.45) is 0 Å². The second-order valence-corrected chi connectivity index (χ2v) is 7.31. The summed E-state index contributed by atoms with van der Waals surface area (Å²) >= 11 is 2.76. The lowest BCUT2D eigenvalue weighted by molar-refractivity contribution is -0.117. The van der Waals surface area contributed by atoms with Gasteiger partial charge < -0.3 is 5.32 Å². The summed E-state index contributed by atoms with van der Waals surface area (Å²) < 4.78 is 1.57. The summed E-state index contributed by atoms with van der Waals surface area (Å²) in [4.78, 5) is 36.3. The molecular weight excluding hydrogens is 350 g/mol. The van der Waals surface area contributed by atoms with Crippen LogP contribution in [0.5, 0.6) is 0 Å². The van der Waals surface area contributed by atoms with Crippen molar-refractivity contribution >= 4 is 35.0 Å². The van der Waals surface area contributed by atoms with Gasteiger partial charge in [0.25, 0.3) is 0 Å². The molecule has 1 aliphatic carbocycles. The number of hydrogen-bond donors (Lipinski definition) is 3. The van der Waals surface area contributed by atoms with Gasteiger partial charge >= 0.3 is 11.7 Å². The molecule has 0 aromatic carbocycles. The van der Waals surface area contributed by atoms with E-state index in [1.165, 1.54) is 4.88 Å². The Bertz CT molecular complexity index is 764. The number of imide groups is 1.